The number of nitrogens with one attached hydrogen (secondary N) is 1. The number of amides is 1. The molecule has 1 N–H and O–H groups in total. The van der Waals surface area contributed by atoms with Crippen LogP contribution in [0.1, 0.15) is 43.2 Å². The van der Waals surface area contributed by atoms with Crippen LogP contribution in [0.15, 0.2) is 24.3 Å². The Morgan fingerprint density at radius 2 is 1.91 bits per heavy atom. The summed E-state index contributed by atoms with van der Waals surface area (Å²) >= 11 is 0. The molecule has 2 aliphatic carbocycles. The summed E-state index contributed by atoms with van der Waals surface area (Å²) in [5.41, 5.74) is 2.34. The second-order valence-electron chi connectivity index (χ2n) is 7.67. The number of benzene rings is 1. The zero-order valence-electron chi connectivity index (χ0n) is 14.0. The van der Waals surface area contributed by atoms with E-state index < -0.39 is 0 Å². The molecule has 1 aromatic rings. The van der Waals surface area contributed by atoms with Crippen LogP contribution in [-0.2, 0) is 16.0 Å². The molecule has 1 heterocycles. The maximum absolute atomic E-state index is 12.5. The first-order chi connectivity index (χ1) is 11.2. The molecule has 1 saturated heterocycles. The molecule has 1 aliphatic heterocycles. The average Bonchev–Trinajstić information content (AvgIpc) is 3.18. The van der Waals surface area contributed by atoms with Crippen molar-refractivity contribution in [3.63, 3.8) is 0 Å². The molecule has 4 rings (SSSR count). The first-order valence-corrected chi connectivity index (χ1v) is 9.19. The van der Waals surface area contributed by atoms with Crippen molar-refractivity contribution in [3.05, 3.63) is 35.4 Å². The molecule has 3 nitrogen and oxygen atoms in total. The van der Waals surface area contributed by atoms with Gasteiger partial charge in [-0.3, -0.25) is 4.79 Å². The first-order valence-electron chi connectivity index (χ1n) is 9.19. The van der Waals surface area contributed by atoms with Gasteiger partial charge in [-0.05, 0) is 24.8 Å². The molecule has 3 aliphatic rings. The highest BCUT2D eigenvalue weighted by atomic mass is 16.5. The Balaban J connectivity index is 1.40. The molecule has 124 valence electrons. The minimum atomic E-state index is 0.173. The number of hydrogen-bond acceptors (Lipinski definition) is 2. The maximum atomic E-state index is 12.5. The number of aryl methyl sites for hydroxylation is 1. The predicted molar refractivity (Wildman–Crippen MR) is 90.1 cm³/mol. The third kappa shape index (κ3) is 2.91. The van der Waals surface area contributed by atoms with E-state index in [0.29, 0.717) is 30.4 Å². The highest BCUT2D eigenvalue weighted by Crippen LogP contribution is 2.51. The molecule has 0 unspecified atom stereocenters. The second kappa shape index (κ2) is 6.27. The first kappa shape index (κ1) is 15.2. The quantitative estimate of drug-likeness (QED) is 0.926. The Morgan fingerprint density at radius 3 is 2.65 bits per heavy atom. The molecule has 2 saturated carbocycles. The lowest BCUT2D eigenvalue weighted by Gasteiger charge is -2.50. The van der Waals surface area contributed by atoms with Gasteiger partial charge >= 0.3 is 0 Å². The summed E-state index contributed by atoms with van der Waals surface area (Å²) in [4.78, 5) is 12.5. The monoisotopic (exact) mass is 313 g/mol. The van der Waals surface area contributed by atoms with E-state index in [1.165, 1.54) is 31.2 Å². The highest BCUT2D eigenvalue weighted by Gasteiger charge is 2.56. The van der Waals surface area contributed by atoms with Gasteiger partial charge in [0.05, 0.1) is 12.5 Å². The van der Waals surface area contributed by atoms with Gasteiger partial charge in [-0.15, -0.1) is 0 Å². The van der Waals surface area contributed by atoms with Crippen molar-refractivity contribution in [1.82, 2.24) is 5.32 Å². The Hall–Kier alpha value is -1.35. The minimum absolute atomic E-state index is 0.173. The molecule has 0 bridgehead atoms. The molecule has 1 amide bonds. The van der Waals surface area contributed by atoms with Gasteiger partial charge in [-0.2, -0.15) is 0 Å². The molecular weight excluding hydrogens is 286 g/mol. The van der Waals surface area contributed by atoms with Crippen molar-refractivity contribution >= 4 is 5.91 Å². The number of carbonyl (C=O) groups excluding carboxylic acids is 1. The van der Waals surface area contributed by atoms with Crippen LogP contribution in [0.25, 0.3) is 0 Å². The molecular formula is C20H27NO2. The van der Waals surface area contributed by atoms with Crippen molar-refractivity contribution in [2.75, 3.05) is 6.61 Å². The summed E-state index contributed by atoms with van der Waals surface area (Å²) in [6.45, 7) is 2.95. The van der Waals surface area contributed by atoms with Gasteiger partial charge in [0.2, 0.25) is 5.91 Å². The highest BCUT2D eigenvalue weighted by molar-refractivity contribution is 5.79. The van der Waals surface area contributed by atoms with Crippen LogP contribution >= 0.6 is 0 Å². The standard InChI is InChI=1S/C20H27NO2/c1-13-6-8-14(9-7-13)12-17(22)21-19-16-10-11-23-20(16)18(19)15-4-2-3-5-15/h6-9,15-16,18-20H,2-5,10-12H2,1H3,(H,21,22)/t16-,18+,19+,20-/m1/s1. The number of rotatable bonds is 4. The van der Waals surface area contributed by atoms with Crippen molar-refractivity contribution in [3.8, 4) is 0 Å². The van der Waals surface area contributed by atoms with Crippen molar-refractivity contribution in [1.29, 1.82) is 0 Å². The summed E-state index contributed by atoms with van der Waals surface area (Å²) in [7, 11) is 0. The summed E-state index contributed by atoms with van der Waals surface area (Å²) in [6, 6.07) is 8.63. The average molecular weight is 313 g/mol. The Kier molecular flexibility index (Phi) is 4.14. The molecule has 0 spiro atoms. The van der Waals surface area contributed by atoms with E-state index in [9.17, 15) is 4.79 Å². The SMILES string of the molecule is Cc1ccc(CC(=O)N[C@H]2[C@H]3CCO[C@H]3[C@H]2C2CCCC2)cc1. The Labute approximate surface area is 138 Å². The fraction of sp³-hybridized carbons (Fsp3) is 0.650. The van der Waals surface area contributed by atoms with E-state index in [-0.39, 0.29) is 5.91 Å². The van der Waals surface area contributed by atoms with Crippen LogP contribution in [0.4, 0.5) is 0 Å². The van der Waals surface area contributed by atoms with Crippen LogP contribution in [0.3, 0.4) is 0 Å². The topological polar surface area (TPSA) is 38.3 Å². The Bertz CT molecular complexity index is 557. The zero-order chi connectivity index (χ0) is 15.8. The van der Waals surface area contributed by atoms with Gasteiger partial charge in [0.15, 0.2) is 0 Å². The molecule has 3 fully saturated rings. The normalized spacial score (nSPS) is 33.3. The molecule has 0 radical (unpaired) electrons. The summed E-state index contributed by atoms with van der Waals surface area (Å²) in [6.07, 6.45) is 7.37. The van der Waals surface area contributed by atoms with Gasteiger partial charge in [-0.1, -0.05) is 55.5 Å². The van der Waals surface area contributed by atoms with Crippen LogP contribution < -0.4 is 5.32 Å². The van der Waals surface area contributed by atoms with Crippen LogP contribution in [-0.4, -0.2) is 24.7 Å². The molecule has 1 aromatic carbocycles. The number of fused-ring (bicyclic) bond motifs is 1. The summed E-state index contributed by atoms with van der Waals surface area (Å²) in [5, 5.41) is 3.36. The van der Waals surface area contributed by atoms with Gasteiger partial charge in [-0.25, -0.2) is 0 Å². The van der Waals surface area contributed by atoms with Crippen molar-refractivity contribution in [2.45, 2.75) is 57.6 Å². The lowest BCUT2D eigenvalue weighted by Crippen LogP contribution is -2.63. The summed E-state index contributed by atoms with van der Waals surface area (Å²) < 4.78 is 5.97. The lowest BCUT2D eigenvalue weighted by molar-refractivity contribution is -0.129. The van der Waals surface area contributed by atoms with Gasteiger partial charge in [0.1, 0.15) is 0 Å². The molecule has 4 atom stereocenters. The van der Waals surface area contributed by atoms with E-state index >= 15 is 0 Å². The number of carbonyl (C=O) groups is 1. The van der Waals surface area contributed by atoms with Gasteiger partial charge in [0.25, 0.3) is 0 Å². The molecule has 0 aromatic heterocycles. The van der Waals surface area contributed by atoms with Crippen LogP contribution in [0.5, 0.6) is 0 Å². The number of hydrogen-bond donors (Lipinski definition) is 1. The largest absolute Gasteiger partial charge is 0.377 e. The van der Waals surface area contributed by atoms with Crippen molar-refractivity contribution < 1.29 is 9.53 Å². The van der Waals surface area contributed by atoms with E-state index in [4.69, 9.17) is 4.74 Å². The van der Waals surface area contributed by atoms with Crippen LogP contribution in [0, 0.1) is 24.7 Å². The van der Waals surface area contributed by atoms with E-state index in [1.54, 1.807) is 0 Å². The van der Waals surface area contributed by atoms with E-state index in [2.05, 4.69) is 36.5 Å². The Morgan fingerprint density at radius 1 is 1.17 bits per heavy atom. The van der Waals surface area contributed by atoms with Gasteiger partial charge in [0, 0.05) is 24.5 Å². The predicted octanol–water partition coefficient (Wildman–Crippen LogP) is 3.25. The van der Waals surface area contributed by atoms with E-state index in [1.807, 2.05) is 0 Å². The lowest BCUT2D eigenvalue weighted by atomic mass is 9.61. The minimum Gasteiger partial charge on any atom is -0.377 e. The maximum Gasteiger partial charge on any atom is 0.224 e. The number of ether oxygens (including phenoxy) is 1. The van der Waals surface area contributed by atoms with Crippen LogP contribution in [0.2, 0.25) is 0 Å². The van der Waals surface area contributed by atoms with Gasteiger partial charge < -0.3 is 10.1 Å². The smallest absolute Gasteiger partial charge is 0.224 e. The van der Waals surface area contributed by atoms with Crippen molar-refractivity contribution in [2.24, 2.45) is 17.8 Å². The summed E-state index contributed by atoms with van der Waals surface area (Å²) in [5.74, 6) is 2.06. The second-order valence-corrected chi connectivity index (χ2v) is 7.67. The fourth-order valence-electron chi connectivity index (χ4n) is 4.99. The third-order valence-electron chi connectivity index (χ3n) is 6.20. The molecule has 23 heavy (non-hydrogen) atoms. The third-order valence-corrected chi connectivity index (χ3v) is 6.20. The molecule has 3 heteroatoms. The van der Waals surface area contributed by atoms with E-state index in [0.717, 1.165) is 24.5 Å². The fourth-order valence-corrected chi connectivity index (χ4v) is 4.99. The zero-order valence-corrected chi connectivity index (χ0v) is 14.0.